The van der Waals surface area contributed by atoms with Crippen molar-refractivity contribution in [3.63, 3.8) is 0 Å². The fraction of sp³-hybridized carbons (Fsp3) is 0.133. The van der Waals surface area contributed by atoms with Gasteiger partial charge in [0.15, 0.2) is 17.1 Å². The van der Waals surface area contributed by atoms with Gasteiger partial charge in [0.25, 0.3) is 0 Å². The summed E-state index contributed by atoms with van der Waals surface area (Å²) in [5.74, 6) is 1.98. The first-order valence-corrected chi connectivity index (χ1v) is 6.36. The van der Waals surface area contributed by atoms with Crippen LogP contribution in [-0.2, 0) is 0 Å². The Morgan fingerprint density at radius 3 is 2.70 bits per heavy atom. The molecule has 1 aliphatic rings. The third-order valence-electron chi connectivity index (χ3n) is 3.24. The number of para-hydroxylation sites is 1. The van der Waals surface area contributed by atoms with Gasteiger partial charge in [0, 0.05) is 5.56 Å². The first kappa shape index (κ1) is 11.2. The van der Waals surface area contributed by atoms with Gasteiger partial charge in [-0.1, -0.05) is 6.07 Å². The summed E-state index contributed by atoms with van der Waals surface area (Å²) in [5.41, 5.74) is 8.69. The van der Waals surface area contributed by atoms with E-state index in [-0.39, 0.29) is 0 Å². The number of benzene rings is 2. The summed E-state index contributed by atoms with van der Waals surface area (Å²) in [6.07, 6.45) is 0. The second-order valence-corrected chi connectivity index (χ2v) is 4.57. The lowest BCUT2D eigenvalue weighted by Crippen LogP contribution is -2.15. The van der Waals surface area contributed by atoms with Crippen LogP contribution in [0, 0.1) is 0 Å². The summed E-state index contributed by atoms with van der Waals surface area (Å²) in [7, 11) is 0. The number of oxazole rings is 1. The minimum Gasteiger partial charge on any atom is -0.486 e. The number of hydrogen-bond donors (Lipinski definition) is 1. The molecule has 0 saturated carbocycles. The van der Waals surface area contributed by atoms with Crippen LogP contribution in [0.25, 0.3) is 22.6 Å². The monoisotopic (exact) mass is 268 g/mol. The quantitative estimate of drug-likeness (QED) is 0.687. The van der Waals surface area contributed by atoms with Crippen LogP contribution in [-0.4, -0.2) is 18.2 Å². The lowest BCUT2D eigenvalue weighted by molar-refractivity contribution is 0.171. The molecule has 0 saturated heterocycles. The van der Waals surface area contributed by atoms with E-state index in [1.165, 1.54) is 0 Å². The van der Waals surface area contributed by atoms with Crippen LogP contribution >= 0.6 is 0 Å². The highest BCUT2D eigenvalue weighted by atomic mass is 16.6. The number of ether oxygens (including phenoxy) is 2. The molecule has 0 atom stereocenters. The summed E-state index contributed by atoms with van der Waals surface area (Å²) in [5, 5.41) is 0. The molecule has 100 valence electrons. The van der Waals surface area contributed by atoms with Gasteiger partial charge in [0.2, 0.25) is 5.89 Å². The topological polar surface area (TPSA) is 70.5 Å². The highest BCUT2D eigenvalue weighted by Gasteiger charge is 2.15. The highest BCUT2D eigenvalue weighted by molar-refractivity contribution is 5.87. The Balaban J connectivity index is 1.84. The number of anilines is 1. The molecule has 5 nitrogen and oxygen atoms in total. The van der Waals surface area contributed by atoms with Gasteiger partial charge in [-0.2, -0.15) is 0 Å². The van der Waals surface area contributed by atoms with Crippen LogP contribution in [0.5, 0.6) is 11.5 Å². The molecule has 4 rings (SSSR count). The second-order valence-electron chi connectivity index (χ2n) is 4.57. The van der Waals surface area contributed by atoms with E-state index in [1.54, 1.807) is 6.07 Å². The van der Waals surface area contributed by atoms with Crippen LogP contribution in [0.15, 0.2) is 40.8 Å². The third kappa shape index (κ3) is 1.67. The Bertz CT molecular complexity index is 795. The van der Waals surface area contributed by atoms with Gasteiger partial charge in [0.1, 0.15) is 18.7 Å². The fourth-order valence-corrected chi connectivity index (χ4v) is 2.27. The maximum absolute atomic E-state index is 5.89. The Morgan fingerprint density at radius 1 is 1.00 bits per heavy atom. The van der Waals surface area contributed by atoms with E-state index in [4.69, 9.17) is 19.6 Å². The highest BCUT2D eigenvalue weighted by Crippen LogP contribution is 2.35. The molecular formula is C15H12N2O3. The molecule has 0 radical (unpaired) electrons. The molecule has 5 heteroatoms. The van der Waals surface area contributed by atoms with Crippen molar-refractivity contribution in [2.75, 3.05) is 18.9 Å². The Hall–Kier alpha value is -2.69. The van der Waals surface area contributed by atoms with Crippen molar-refractivity contribution >= 4 is 16.8 Å². The molecule has 0 fully saturated rings. The molecule has 2 aromatic carbocycles. The van der Waals surface area contributed by atoms with Gasteiger partial charge in [0.05, 0.1) is 5.69 Å². The second kappa shape index (κ2) is 4.16. The predicted octanol–water partition coefficient (Wildman–Crippen LogP) is 2.85. The van der Waals surface area contributed by atoms with Crippen molar-refractivity contribution in [2.24, 2.45) is 0 Å². The largest absolute Gasteiger partial charge is 0.486 e. The average molecular weight is 268 g/mol. The van der Waals surface area contributed by atoms with Gasteiger partial charge >= 0.3 is 0 Å². The van der Waals surface area contributed by atoms with Gasteiger partial charge in [-0.3, -0.25) is 0 Å². The van der Waals surface area contributed by atoms with Crippen LogP contribution in [0.1, 0.15) is 0 Å². The molecule has 1 aromatic heterocycles. The normalized spacial score (nSPS) is 13.6. The zero-order valence-corrected chi connectivity index (χ0v) is 10.6. The standard InChI is InChI=1S/C15H12N2O3/c16-10-2-1-3-12-14(10)17-15(20-12)9-4-5-11-13(8-9)19-7-6-18-11/h1-5,8H,6-7,16H2. The Labute approximate surface area is 114 Å². The Morgan fingerprint density at radius 2 is 1.85 bits per heavy atom. The van der Waals surface area contributed by atoms with Crippen molar-refractivity contribution in [2.45, 2.75) is 0 Å². The summed E-state index contributed by atoms with van der Waals surface area (Å²) < 4.78 is 16.8. The van der Waals surface area contributed by atoms with Gasteiger partial charge < -0.3 is 19.6 Å². The van der Waals surface area contributed by atoms with E-state index < -0.39 is 0 Å². The van der Waals surface area contributed by atoms with E-state index >= 15 is 0 Å². The molecule has 0 unspecified atom stereocenters. The molecule has 0 bridgehead atoms. The lowest BCUT2D eigenvalue weighted by Gasteiger charge is -2.18. The minimum absolute atomic E-state index is 0.523. The van der Waals surface area contributed by atoms with Crippen molar-refractivity contribution < 1.29 is 13.9 Å². The molecule has 2 heterocycles. The van der Waals surface area contributed by atoms with E-state index in [1.807, 2.05) is 30.3 Å². The van der Waals surface area contributed by atoms with Crippen molar-refractivity contribution in [1.29, 1.82) is 0 Å². The van der Waals surface area contributed by atoms with Crippen molar-refractivity contribution in [3.05, 3.63) is 36.4 Å². The average Bonchev–Trinajstić information content (AvgIpc) is 2.92. The van der Waals surface area contributed by atoms with Crippen LogP contribution in [0.3, 0.4) is 0 Å². The van der Waals surface area contributed by atoms with Crippen LogP contribution < -0.4 is 15.2 Å². The molecule has 0 aliphatic carbocycles. The summed E-state index contributed by atoms with van der Waals surface area (Å²) in [6, 6.07) is 11.1. The smallest absolute Gasteiger partial charge is 0.227 e. The SMILES string of the molecule is Nc1cccc2oc(-c3ccc4c(c3)OCCO4)nc12. The van der Waals surface area contributed by atoms with E-state index in [9.17, 15) is 0 Å². The van der Waals surface area contributed by atoms with E-state index in [0.717, 1.165) is 11.3 Å². The summed E-state index contributed by atoms with van der Waals surface area (Å²) in [6.45, 7) is 1.13. The zero-order chi connectivity index (χ0) is 13.5. The number of hydrogen-bond acceptors (Lipinski definition) is 5. The van der Waals surface area contributed by atoms with E-state index in [0.29, 0.717) is 41.6 Å². The third-order valence-corrected chi connectivity index (χ3v) is 3.24. The Kier molecular flexibility index (Phi) is 2.32. The van der Waals surface area contributed by atoms with Gasteiger partial charge in [-0.05, 0) is 30.3 Å². The lowest BCUT2D eigenvalue weighted by atomic mass is 10.2. The summed E-state index contributed by atoms with van der Waals surface area (Å²) in [4.78, 5) is 4.44. The first-order chi connectivity index (χ1) is 9.81. The van der Waals surface area contributed by atoms with E-state index in [2.05, 4.69) is 4.98 Å². The predicted molar refractivity (Wildman–Crippen MR) is 74.8 cm³/mol. The van der Waals surface area contributed by atoms with Crippen LogP contribution in [0.4, 0.5) is 5.69 Å². The first-order valence-electron chi connectivity index (χ1n) is 6.36. The maximum atomic E-state index is 5.89. The number of rotatable bonds is 1. The van der Waals surface area contributed by atoms with Crippen molar-refractivity contribution in [1.82, 2.24) is 4.98 Å². The molecule has 0 amide bonds. The summed E-state index contributed by atoms with van der Waals surface area (Å²) >= 11 is 0. The number of nitrogen functional groups attached to an aromatic ring is 1. The maximum Gasteiger partial charge on any atom is 0.227 e. The number of fused-ring (bicyclic) bond motifs is 2. The number of nitrogens with zero attached hydrogens (tertiary/aromatic N) is 1. The molecule has 2 N–H and O–H groups in total. The van der Waals surface area contributed by atoms with Crippen LogP contribution in [0.2, 0.25) is 0 Å². The molecule has 1 aliphatic heterocycles. The molecule has 3 aromatic rings. The van der Waals surface area contributed by atoms with Gasteiger partial charge in [-0.25, -0.2) is 4.98 Å². The zero-order valence-electron chi connectivity index (χ0n) is 10.6. The molecule has 20 heavy (non-hydrogen) atoms. The van der Waals surface area contributed by atoms with Crippen molar-refractivity contribution in [3.8, 4) is 23.0 Å². The fourth-order valence-electron chi connectivity index (χ4n) is 2.27. The van der Waals surface area contributed by atoms with Gasteiger partial charge in [-0.15, -0.1) is 0 Å². The number of aromatic nitrogens is 1. The minimum atomic E-state index is 0.523. The molecular weight excluding hydrogens is 256 g/mol. The molecule has 0 spiro atoms. The number of nitrogens with two attached hydrogens (primary N) is 1.